The molecule has 3 aromatic rings. The van der Waals surface area contributed by atoms with E-state index in [-0.39, 0.29) is 6.61 Å². The summed E-state index contributed by atoms with van der Waals surface area (Å²) in [6.45, 7) is 5.28. The first-order valence-corrected chi connectivity index (χ1v) is 15.5. The Morgan fingerprint density at radius 1 is 0.886 bits per heavy atom. The van der Waals surface area contributed by atoms with E-state index < -0.39 is 40.7 Å². The van der Waals surface area contributed by atoms with Gasteiger partial charge in [-0.05, 0) is 35.9 Å². The summed E-state index contributed by atoms with van der Waals surface area (Å²) in [6, 6.07) is 29.1. The molecule has 9 heteroatoms. The van der Waals surface area contributed by atoms with E-state index in [1.165, 1.54) is 18.9 Å². The van der Waals surface area contributed by atoms with Crippen LogP contribution in [0.4, 0.5) is 0 Å². The van der Waals surface area contributed by atoms with Crippen LogP contribution in [0.15, 0.2) is 102 Å². The predicted molar refractivity (Wildman–Crippen MR) is 168 cm³/mol. The number of amides is 1. The molecule has 6 atom stereocenters. The minimum atomic E-state index is -1.02. The SMILES string of the molecule is COC(=O)C1=CSC(C)(C2O[C@H](COCc3ccccc3)[C@@H](OCc3ccccc3)[C@@]2(C)OCc2ccccc2)C1NC=O. The number of hydrogen-bond donors (Lipinski definition) is 1. The van der Waals surface area contributed by atoms with Crippen molar-refractivity contribution in [2.75, 3.05) is 13.7 Å². The lowest BCUT2D eigenvalue weighted by molar-refractivity contribution is -0.152. The largest absolute Gasteiger partial charge is 0.466 e. The zero-order valence-corrected chi connectivity index (χ0v) is 26.0. The van der Waals surface area contributed by atoms with Crippen molar-refractivity contribution in [2.45, 2.75) is 68.4 Å². The Morgan fingerprint density at radius 3 is 2.02 bits per heavy atom. The Kier molecular flexibility index (Phi) is 10.6. The number of benzene rings is 3. The van der Waals surface area contributed by atoms with E-state index in [1.807, 2.05) is 105 Å². The average Bonchev–Trinajstić information content (AvgIpc) is 3.54. The standard InChI is InChI=1S/C35H39NO7S/c1-34(42-21-27-17-11-6-12-18-27)31(41-20-26-15-9-5-10-16-26)29(22-40-19-25-13-7-4-8-14-25)43-33(34)35(2)30(36-24-37)28(23-44-35)32(38)39-3/h4-18,23-24,29-31,33H,19-22H2,1-3H3,(H,36,37)/t29-,30?,31-,33?,34-,35?/m1/s1. The summed E-state index contributed by atoms with van der Waals surface area (Å²) < 4.78 is 30.8. The fourth-order valence-corrected chi connectivity index (χ4v) is 7.41. The highest BCUT2D eigenvalue weighted by Crippen LogP contribution is 2.53. The van der Waals surface area contributed by atoms with Gasteiger partial charge >= 0.3 is 5.97 Å². The van der Waals surface area contributed by atoms with Gasteiger partial charge in [0.25, 0.3) is 0 Å². The van der Waals surface area contributed by atoms with E-state index in [2.05, 4.69) is 5.32 Å². The van der Waals surface area contributed by atoms with E-state index in [1.54, 1.807) is 5.41 Å². The smallest absolute Gasteiger partial charge is 0.336 e. The van der Waals surface area contributed by atoms with Gasteiger partial charge in [0, 0.05) is 0 Å². The van der Waals surface area contributed by atoms with Crippen molar-refractivity contribution in [3.8, 4) is 0 Å². The Bertz CT molecular complexity index is 1410. The molecule has 3 unspecified atom stereocenters. The first kappa shape index (κ1) is 31.9. The highest BCUT2D eigenvalue weighted by atomic mass is 32.2. The highest BCUT2D eigenvalue weighted by molar-refractivity contribution is 8.03. The van der Waals surface area contributed by atoms with Gasteiger partial charge in [0.2, 0.25) is 6.41 Å². The molecule has 1 fully saturated rings. The summed E-state index contributed by atoms with van der Waals surface area (Å²) in [5, 5.41) is 4.61. The van der Waals surface area contributed by atoms with Gasteiger partial charge in [-0.15, -0.1) is 11.8 Å². The number of esters is 1. The molecule has 1 amide bonds. The van der Waals surface area contributed by atoms with Crippen LogP contribution in [0, 0.1) is 0 Å². The van der Waals surface area contributed by atoms with E-state index in [0.717, 1.165) is 16.7 Å². The second-order valence-corrected chi connectivity index (χ2v) is 12.7. The number of carbonyl (C=O) groups is 2. The van der Waals surface area contributed by atoms with Crippen molar-refractivity contribution in [1.82, 2.24) is 5.32 Å². The first-order valence-electron chi connectivity index (χ1n) is 14.7. The molecule has 5 rings (SSSR count). The van der Waals surface area contributed by atoms with E-state index in [9.17, 15) is 9.59 Å². The topological polar surface area (TPSA) is 92.3 Å². The zero-order chi connectivity index (χ0) is 31.0. The maximum Gasteiger partial charge on any atom is 0.336 e. The molecule has 3 aromatic carbocycles. The minimum Gasteiger partial charge on any atom is -0.466 e. The summed E-state index contributed by atoms with van der Waals surface area (Å²) in [6.07, 6.45) is -1.09. The Balaban J connectivity index is 1.49. The Hall–Kier alpha value is -3.47. The second-order valence-electron chi connectivity index (χ2n) is 11.3. The molecule has 0 aromatic heterocycles. The van der Waals surface area contributed by atoms with Crippen LogP contribution in [0.1, 0.15) is 30.5 Å². The van der Waals surface area contributed by atoms with Crippen LogP contribution in [-0.2, 0) is 53.1 Å². The van der Waals surface area contributed by atoms with Gasteiger partial charge in [0.05, 0.1) is 49.9 Å². The molecule has 1 N–H and O–H groups in total. The Morgan fingerprint density at radius 2 is 1.45 bits per heavy atom. The van der Waals surface area contributed by atoms with Crippen LogP contribution < -0.4 is 5.32 Å². The monoisotopic (exact) mass is 617 g/mol. The normalized spacial score (nSPS) is 27.9. The molecular weight excluding hydrogens is 578 g/mol. The third-order valence-electron chi connectivity index (χ3n) is 8.29. The number of rotatable bonds is 14. The van der Waals surface area contributed by atoms with Gasteiger partial charge in [0.1, 0.15) is 23.9 Å². The van der Waals surface area contributed by atoms with Crippen LogP contribution in [-0.4, -0.2) is 60.8 Å². The van der Waals surface area contributed by atoms with Gasteiger partial charge in [0.15, 0.2) is 0 Å². The molecule has 0 saturated carbocycles. The van der Waals surface area contributed by atoms with Crippen molar-refractivity contribution in [1.29, 1.82) is 0 Å². The van der Waals surface area contributed by atoms with Gasteiger partial charge < -0.3 is 29.0 Å². The summed E-state index contributed by atoms with van der Waals surface area (Å²) in [4.78, 5) is 24.6. The van der Waals surface area contributed by atoms with Crippen LogP contribution in [0.2, 0.25) is 0 Å². The van der Waals surface area contributed by atoms with Crippen molar-refractivity contribution in [3.05, 3.63) is 119 Å². The lowest BCUT2D eigenvalue weighted by Gasteiger charge is -2.44. The molecule has 2 aliphatic heterocycles. The third-order valence-corrected chi connectivity index (χ3v) is 9.62. The van der Waals surface area contributed by atoms with Gasteiger partial charge in [-0.2, -0.15) is 0 Å². The number of carbonyl (C=O) groups excluding carboxylic acids is 2. The van der Waals surface area contributed by atoms with Crippen LogP contribution in [0.25, 0.3) is 0 Å². The van der Waals surface area contributed by atoms with Crippen molar-refractivity contribution >= 4 is 24.1 Å². The highest BCUT2D eigenvalue weighted by Gasteiger charge is 2.65. The minimum absolute atomic E-state index is 0.249. The molecule has 2 heterocycles. The molecule has 0 aliphatic carbocycles. The summed E-state index contributed by atoms with van der Waals surface area (Å²) >= 11 is 1.42. The third kappa shape index (κ3) is 6.92. The predicted octanol–water partition coefficient (Wildman–Crippen LogP) is 5.21. The lowest BCUT2D eigenvalue weighted by atomic mass is 9.79. The molecule has 1 saturated heterocycles. The molecule has 0 spiro atoms. The molecular formula is C35H39NO7S. The number of methoxy groups -OCH3 is 1. The maximum atomic E-state index is 12.8. The fraction of sp³-hybridized carbons (Fsp3) is 0.371. The van der Waals surface area contributed by atoms with Crippen LogP contribution in [0.3, 0.4) is 0 Å². The average molecular weight is 618 g/mol. The number of nitrogens with one attached hydrogen (secondary N) is 1. The van der Waals surface area contributed by atoms with Crippen molar-refractivity contribution < 1.29 is 33.3 Å². The fourth-order valence-electron chi connectivity index (χ4n) is 6.06. The number of ether oxygens (including phenoxy) is 5. The first-order chi connectivity index (χ1) is 21.4. The van der Waals surface area contributed by atoms with E-state index >= 15 is 0 Å². The maximum absolute atomic E-state index is 12.8. The van der Waals surface area contributed by atoms with Gasteiger partial charge in [-0.1, -0.05) is 91.0 Å². The summed E-state index contributed by atoms with van der Waals surface area (Å²) in [7, 11) is 1.33. The summed E-state index contributed by atoms with van der Waals surface area (Å²) in [5.41, 5.74) is 2.40. The molecule has 0 radical (unpaired) electrons. The molecule has 2 aliphatic rings. The van der Waals surface area contributed by atoms with Crippen molar-refractivity contribution in [3.63, 3.8) is 0 Å². The lowest BCUT2D eigenvalue weighted by Crippen LogP contribution is -2.62. The second kappa shape index (κ2) is 14.5. The van der Waals surface area contributed by atoms with Crippen LogP contribution in [0.5, 0.6) is 0 Å². The van der Waals surface area contributed by atoms with E-state index in [0.29, 0.717) is 31.8 Å². The number of hydrogen-bond acceptors (Lipinski definition) is 8. The number of thioether (sulfide) groups is 1. The molecule has 8 nitrogen and oxygen atoms in total. The van der Waals surface area contributed by atoms with Gasteiger partial charge in [-0.25, -0.2) is 4.79 Å². The Labute approximate surface area is 263 Å². The quantitative estimate of drug-likeness (QED) is 0.195. The molecule has 44 heavy (non-hydrogen) atoms. The van der Waals surface area contributed by atoms with Crippen LogP contribution >= 0.6 is 11.8 Å². The zero-order valence-electron chi connectivity index (χ0n) is 25.2. The molecule has 232 valence electrons. The van der Waals surface area contributed by atoms with Crippen molar-refractivity contribution in [2.24, 2.45) is 0 Å². The van der Waals surface area contributed by atoms with Gasteiger partial charge in [-0.3, -0.25) is 4.79 Å². The molecule has 0 bridgehead atoms. The van der Waals surface area contributed by atoms with E-state index in [4.69, 9.17) is 23.7 Å². The summed E-state index contributed by atoms with van der Waals surface area (Å²) in [5.74, 6) is -0.509.